The van der Waals surface area contributed by atoms with Gasteiger partial charge < -0.3 is 24.1 Å². The number of ether oxygens (including phenoxy) is 4. The summed E-state index contributed by atoms with van der Waals surface area (Å²) in [5.41, 5.74) is -0.0203. The lowest BCUT2D eigenvalue weighted by atomic mass is 9.87. The minimum Gasteiger partial charge on any atom is -0.394 e. The van der Waals surface area contributed by atoms with Crippen LogP contribution in [0.25, 0.3) is 0 Å². The molecule has 0 atom stereocenters. The molecule has 0 aliphatic rings. The van der Waals surface area contributed by atoms with Crippen LogP contribution in [0.3, 0.4) is 0 Å². The van der Waals surface area contributed by atoms with Gasteiger partial charge in [0.25, 0.3) is 0 Å². The Balaban J connectivity index is 2.79. The summed E-state index contributed by atoms with van der Waals surface area (Å²) in [5.74, 6) is -56.4. The van der Waals surface area contributed by atoms with Crippen molar-refractivity contribution < 1.29 is 98.7 Å². The lowest BCUT2D eigenvalue weighted by molar-refractivity contribution is -0.461. The summed E-state index contributed by atoms with van der Waals surface area (Å²) in [5, 5.41) is 8.52. The smallest absolute Gasteiger partial charge is 0.394 e. The first kappa shape index (κ1) is 42.9. The fourth-order valence-electron chi connectivity index (χ4n) is 3.37. The normalized spacial score (nSPS) is 14.6. The SMILES string of the molecule is OCCOCCOCCOCCOCc1ccc(CCC(F)(F)C(F)(F)C(F)(F)C(F)(F)C(F)(F)C(F)(F)C(F)(F)C(F)(F)F)cc1. The molecule has 1 aromatic rings. The molecule has 5 nitrogen and oxygen atoms in total. The largest absolute Gasteiger partial charge is 0.460 e. The first-order chi connectivity index (χ1) is 21.3. The van der Waals surface area contributed by atoms with E-state index in [0.29, 0.717) is 5.56 Å². The van der Waals surface area contributed by atoms with E-state index < -0.39 is 60.5 Å². The Morgan fingerprint density at radius 3 is 1.17 bits per heavy atom. The summed E-state index contributed by atoms with van der Waals surface area (Å²) >= 11 is 0. The van der Waals surface area contributed by atoms with Crippen molar-refractivity contribution in [2.24, 2.45) is 0 Å². The Labute approximate surface area is 254 Å². The highest BCUT2D eigenvalue weighted by Crippen LogP contribution is 2.64. The van der Waals surface area contributed by atoms with E-state index in [1.807, 2.05) is 0 Å². The maximum absolute atomic E-state index is 14.1. The molecule has 0 amide bonds. The van der Waals surface area contributed by atoms with Crippen molar-refractivity contribution in [1.29, 1.82) is 0 Å². The number of alkyl halides is 17. The molecule has 0 fully saturated rings. The molecule has 1 N–H and O–H groups in total. The quantitative estimate of drug-likeness (QED) is 0.101. The van der Waals surface area contributed by atoms with Gasteiger partial charge in [-0.15, -0.1) is 0 Å². The van der Waals surface area contributed by atoms with Crippen molar-refractivity contribution in [2.75, 3.05) is 52.9 Å². The van der Waals surface area contributed by atoms with E-state index in [4.69, 9.17) is 24.1 Å². The van der Waals surface area contributed by atoms with E-state index >= 15 is 0 Å². The van der Waals surface area contributed by atoms with Gasteiger partial charge in [-0.2, -0.15) is 74.6 Å². The van der Waals surface area contributed by atoms with Crippen LogP contribution in [0.2, 0.25) is 0 Å². The summed E-state index contributed by atoms with van der Waals surface area (Å²) in [6, 6.07) is 4.22. The Morgan fingerprint density at radius 1 is 0.426 bits per heavy atom. The fraction of sp³-hybridized carbons (Fsp3) is 0.760. The number of rotatable bonds is 22. The van der Waals surface area contributed by atoms with E-state index in [-0.39, 0.29) is 65.0 Å². The van der Waals surface area contributed by atoms with Gasteiger partial charge >= 0.3 is 47.6 Å². The number of halogens is 17. The molecule has 0 saturated carbocycles. The van der Waals surface area contributed by atoms with Crippen LogP contribution in [0.4, 0.5) is 74.6 Å². The minimum absolute atomic E-state index is 0.0420. The van der Waals surface area contributed by atoms with Crippen molar-refractivity contribution in [3.8, 4) is 0 Å². The first-order valence-corrected chi connectivity index (χ1v) is 13.0. The van der Waals surface area contributed by atoms with Crippen LogP contribution in [0.5, 0.6) is 0 Å². The Bertz CT molecular complexity index is 1080. The molecule has 22 heteroatoms. The van der Waals surface area contributed by atoms with Gasteiger partial charge in [0, 0.05) is 6.42 Å². The highest BCUT2D eigenvalue weighted by Gasteiger charge is 2.95. The summed E-state index contributed by atoms with van der Waals surface area (Å²) < 4.78 is 248. The van der Waals surface area contributed by atoms with Crippen molar-refractivity contribution in [2.45, 2.75) is 67.1 Å². The molecule has 0 spiro atoms. The molecule has 1 rings (SSSR count). The number of aliphatic hydroxyl groups excluding tert-OH is 1. The molecule has 276 valence electrons. The molecule has 0 aliphatic carbocycles. The van der Waals surface area contributed by atoms with Crippen molar-refractivity contribution in [1.82, 2.24) is 0 Å². The van der Waals surface area contributed by atoms with Crippen LogP contribution < -0.4 is 0 Å². The summed E-state index contributed by atoms with van der Waals surface area (Å²) in [7, 11) is 0. The fourth-order valence-corrected chi connectivity index (χ4v) is 3.37. The van der Waals surface area contributed by atoms with Crippen molar-refractivity contribution in [3.63, 3.8) is 0 Å². The molecule has 0 radical (unpaired) electrons. The van der Waals surface area contributed by atoms with Crippen molar-refractivity contribution in [3.05, 3.63) is 35.4 Å². The minimum atomic E-state index is -8.64. The molecule has 0 unspecified atom stereocenters. The molecule has 0 aromatic heterocycles. The molecule has 0 heterocycles. The number of benzene rings is 1. The topological polar surface area (TPSA) is 57.2 Å². The third kappa shape index (κ3) is 9.30. The third-order valence-electron chi connectivity index (χ3n) is 6.16. The maximum atomic E-state index is 14.1. The molecular formula is C25H27F17O5. The standard InChI is InChI=1S/C25H27F17O5/c26-18(27,19(28,29)20(30,31)21(32,33)22(34,35)23(36,37)24(38,39)25(40,41)42)6-5-16-1-3-17(4-2-16)15-47-14-13-46-12-11-45-10-9-44-8-7-43/h1-4,43H,5-15H2. The maximum Gasteiger partial charge on any atom is 0.460 e. The molecular weight excluding hydrogens is 703 g/mol. The third-order valence-corrected chi connectivity index (χ3v) is 6.16. The molecule has 0 aliphatic heterocycles. The zero-order valence-corrected chi connectivity index (χ0v) is 23.6. The van der Waals surface area contributed by atoms with Gasteiger partial charge in [0.1, 0.15) is 0 Å². The van der Waals surface area contributed by atoms with Crippen LogP contribution in [0.1, 0.15) is 17.5 Å². The molecule has 0 saturated heterocycles. The second-order valence-corrected chi connectivity index (χ2v) is 9.58. The van der Waals surface area contributed by atoms with Crippen molar-refractivity contribution >= 4 is 0 Å². The predicted molar refractivity (Wildman–Crippen MR) is 125 cm³/mol. The zero-order chi connectivity index (χ0) is 36.6. The van der Waals surface area contributed by atoms with Gasteiger partial charge in [0.05, 0.1) is 59.5 Å². The number of aliphatic hydroxyl groups is 1. The van der Waals surface area contributed by atoms with Crippen LogP contribution >= 0.6 is 0 Å². The Hall–Kier alpha value is -2.17. The molecule has 47 heavy (non-hydrogen) atoms. The van der Waals surface area contributed by atoms with Gasteiger partial charge in [-0.1, -0.05) is 24.3 Å². The van der Waals surface area contributed by atoms with Gasteiger partial charge in [-0.05, 0) is 17.5 Å². The van der Waals surface area contributed by atoms with E-state index in [9.17, 15) is 74.6 Å². The summed E-state index contributed by atoms with van der Waals surface area (Å²) in [4.78, 5) is 0. The van der Waals surface area contributed by atoms with Gasteiger partial charge in [0.15, 0.2) is 0 Å². The average Bonchev–Trinajstić information content (AvgIpc) is 2.96. The lowest BCUT2D eigenvalue weighted by Gasteiger charge is -2.42. The predicted octanol–water partition coefficient (Wildman–Crippen LogP) is 7.19. The molecule has 1 aromatic carbocycles. The lowest BCUT2D eigenvalue weighted by Crippen LogP contribution is -2.74. The Kier molecular flexibility index (Phi) is 14.6. The van der Waals surface area contributed by atoms with Crippen LogP contribution in [0.15, 0.2) is 24.3 Å². The number of hydrogen-bond acceptors (Lipinski definition) is 5. The van der Waals surface area contributed by atoms with Gasteiger partial charge in [0.2, 0.25) is 0 Å². The van der Waals surface area contributed by atoms with E-state index in [1.165, 1.54) is 0 Å². The summed E-state index contributed by atoms with van der Waals surface area (Å²) in [6.07, 6.45) is -11.7. The summed E-state index contributed by atoms with van der Waals surface area (Å²) in [6.45, 7) is 0.985. The van der Waals surface area contributed by atoms with Crippen LogP contribution in [0, 0.1) is 0 Å². The highest BCUT2D eigenvalue weighted by atomic mass is 19.4. The van der Waals surface area contributed by atoms with E-state index in [1.54, 1.807) is 0 Å². The highest BCUT2D eigenvalue weighted by molar-refractivity contribution is 5.23. The van der Waals surface area contributed by atoms with Gasteiger partial charge in [-0.25, -0.2) is 0 Å². The first-order valence-electron chi connectivity index (χ1n) is 13.0. The molecule has 0 bridgehead atoms. The van der Waals surface area contributed by atoms with Gasteiger partial charge in [-0.3, -0.25) is 0 Å². The second kappa shape index (κ2) is 16.0. The number of hydrogen-bond donors (Lipinski definition) is 1. The zero-order valence-electron chi connectivity index (χ0n) is 23.6. The van der Waals surface area contributed by atoms with Crippen LogP contribution in [-0.4, -0.2) is 106 Å². The second-order valence-electron chi connectivity index (χ2n) is 9.58. The average molecular weight is 730 g/mol. The monoisotopic (exact) mass is 730 g/mol. The van der Waals surface area contributed by atoms with Crippen LogP contribution in [-0.2, 0) is 32.0 Å². The van der Waals surface area contributed by atoms with E-state index in [0.717, 1.165) is 24.3 Å². The Morgan fingerprint density at radius 2 is 0.766 bits per heavy atom. The number of aryl methyl sites for hydroxylation is 1. The van der Waals surface area contributed by atoms with E-state index in [2.05, 4.69) is 0 Å².